The van der Waals surface area contributed by atoms with Gasteiger partial charge in [-0.05, 0) is 49.9 Å². The van der Waals surface area contributed by atoms with Crippen molar-refractivity contribution in [2.24, 2.45) is 0 Å². The molecule has 1 fully saturated rings. The standard InChI is InChI=1S/C21H25N3O2S/c1-14-6-7-16(12-15(14)2)21(26)24-10-8-23(9-11-24)13-19-22-17-4-3-5-18(25)20(17)27-19/h6-7,12H,3-5,8-11,13H2,1-2H3. The number of Topliss-reactive ketones (excluding diaryl/α,β-unsaturated/α-hetero) is 1. The second kappa shape index (κ2) is 7.52. The van der Waals surface area contributed by atoms with Crippen LogP contribution in [0.4, 0.5) is 0 Å². The number of rotatable bonds is 3. The van der Waals surface area contributed by atoms with E-state index in [1.165, 1.54) is 5.56 Å². The Labute approximate surface area is 164 Å². The van der Waals surface area contributed by atoms with E-state index in [1.54, 1.807) is 11.3 Å². The van der Waals surface area contributed by atoms with E-state index >= 15 is 0 Å². The average Bonchev–Trinajstić information content (AvgIpc) is 3.08. The van der Waals surface area contributed by atoms with Gasteiger partial charge in [0.05, 0.1) is 17.1 Å². The van der Waals surface area contributed by atoms with Gasteiger partial charge in [-0.3, -0.25) is 14.5 Å². The molecule has 27 heavy (non-hydrogen) atoms. The average molecular weight is 384 g/mol. The molecule has 2 aliphatic rings. The Morgan fingerprint density at radius 2 is 1.89 bits per heavy atom. The molecule has 6 heteroatoms. The summed E-state index contributed by atoms with van der Waals surface area (Å²) in [7, 11) is 0. The number of nitrogens with zero attached hydrogens (tertiary/aromatic N) is 3. The van der Waals surface area contributed by atoms with Gasteiger partial charge in [0, 0.05) is 38.2 Å². The molecule has 142 valence electrons. The second-order valence-corrected chi connectivity index (χ2v) is 8.61. The number of carbonyl (C=O) groups is 2. The van der Waals surface area contributed by atoms with Gasteiger partial charge in [0.2, 0.25) is 0 Å². The lowest BCUT2D eigenvalue weighted by molar-refractivity contribution is 0.0628. The number of carbonyl (C=O) groups excluding carboxylic acids is 2. The fourth-order valence-electron chi connectivity index (χ4n) is 3.74. The maximum Gasteiger partial charge on any atom is 0.253 e. The Morgan fingerprint density at radius 3 is 2.59 bits per heavy atom. The topological polar surface area (TPSA) is 53.5 Å². The number of aromatic nitrogens is 1. The molecule has 1 aromatic carbocycles. The smallest absolute Gasteiger partial charge is 0.253 e. The summed E-state index contributed by atoms with van der Waals surface area (Å²) >= 11 is 1.56. The maximum absolute atomic E-state index is 12.8. The van der Waals surface area contributed by atoms with E-state index < -0.39 is 0 Å². The lowest BCUT2D eigenvalue weighted by Gasteiger charge is -2.34. The van der Waals surface area contributed by atoms with Crippen LogP contribution >= 0.6 is 11.3 Å². The summed E-state index contributed by atoms with van der Waals surface area (Å²) < 4.78 is 0. The highest BCUT2D eigenvalue weighted by Crippen LogP contribution is 2.27. The molecule has 1 aromatic heterocycles. The quantitative estimate of drug-likeness (QED) is 0.817. The second-order valence-electron chi connectivity index (χ2n) is 7.53. The first-order chi connectivity index (χ1) is 13.0. The lowest BCUT2D eigenvalue weighted by atomic mass is 10.0. The number of aryl methyl sites for hydroxylation is 3. The van der Waals surface area contributed by atoms with Gasteiger partial charge >= 0.3 is 0 Å². The third-order valence-electron chi connectivity index (χ3n) is 5.58. The normalized spacial score (nSPS) is 17.9. The highest BCUT2D eigenvalue weighted by molar-refractivity contribution is 7.13. The van der Waals surface area contributed by atoms with Gasteiger partial charge in [-0.25, -0.2) is 4.98 Å². The summed E-state index contributed by atoms with van der Waals surface area (Å²) in [6, 6.07) is 5.93. The van der Waals surface area contributed by atoms with Crippen LogP contribution in [0.1, 0.15) is 54.7 Å². The summed E-state index contributed by atoms with van der Waals surface area (Å²) in [6.07, 6.45) is 2.51. The number of ketones is 1. The van der Waals surface area contributed by atoms with Crippen LogP contribution in [-0.4, -0.2) is 52.7 Å². The molecular formula is C21H25N3O2S. The molecule has 0 N–H and O–H groups in total. The van der Waals surface area contributed by atoms with Gasteiger partial charge in [-0.15, -0.1) is 11.3 Å². The Morgan fingerprint density at radius 1 is 1.11 bits per heavy atom. The molecule has 2 heterocycles. The fraction of sp³-hybridized carbons (Fsp3) is 0.476. The zero-order valence-electron chi connectivity index (χ0n) is 16.0. The van der Waals surface area contributed by atoms with Crippen LogP contribution < -0.4 is 0 Å². The van der Waals surface area contributed by atoms with Crippen molar-refractivity contribution in [3.05, 3.63) is 50.5 Å². The van der Waals surface area contributed by atoms with Crippen molar-refractivity contribution >= 4 is 23.0 Å². The van der Waals surface area contributed by atoms with Gasteiger partial charge in [0.25, 0.3) is 5.91 Å². The van der Waals surface area contributed by atoms with Gasteiger partial charge in [0.15, 0.2) is 5.78 Å². The third-order valence-corrected chi connectivity index (χ3v) is 6.71. The monoisotopic (exact) mass is 383 g/mol. The van der Waals surface area contributed by atoms with Crippen LogP contribution in [0.3, 0.4) is 0 Å². The van der Waals surface area contributed by atoms with E-state index in [1.807, 2.05) is 30.0 Å². The number of piperazine rings is 1. The van der Waals surface area contributed by atoms with E-state index in [9.17, 15) is 9.59 Å². The summed E-state index contributed by atoms with van der Waals surface area (Å²) in [4.78, 5) is 34.6. The number of hydrogen-bond acceptors (Lipinski definition) is 5. The van der Waals surface area contributed by atoms with Gasteiger partial charge in [-0.1, -0.05) is 6.07 Å². The van der Waals surface area contributed by atoms with Crippen molar-refractivity contribution in [3.63, 3.8) is 0 Å². The number of thiazole rings is 1. The maximum atomic E-state index is 12.8. The Balaban J connectivity index is 1.35. The van der Waals surface area contributed by atoms with E-state index in [2.05, 4.69) is 11.8 Å². The first-order valence-electron chi connectivity index (χ1n) is 9.62. The van der Waals surface area contributed by atoms with Crippen LogP contribution in [-0.2, 0) is 13.0 Å². The number of hydrogen-bond donors (Lipinski definition) is 0. The molecular weight excluding hydrogens is 358 g/mol. The molecule has 0 radical (unpaired) electrons. The summed E-state index contributed by atoms with van der Waals surface area (Å²) in [5.41, 5.74) is 4.13. The van der Waals surface area contributed by atoms with E-state index in [0.717, 1.165) is 72.3 Å². The van der Waals surface area contributed by atoms with Crippen molar-refractivity contribution in [2.45, 2.75) is 39.7 Å². The van der Waals surface area contributed by atoms with Crippen molar-refractivity contribution in [3.8, 4) is 0 Å². The van der Waals surface area contributed by atoms with Crippen molar-refractivity contribution in [1.29, 1.82) is 0 Å². The Hall–Kier alpha value is -2.05. The zero-order valence-corrected chi connectivity index (χ0v) is 16.8. The molecule has 0 saturated carbocycles. The number of benzene rings is 1. The molecule has 1 saturated heterocycles. The zero-order chi connectivity index (χ0) is 19.0. The Bertz CT molecular complexity index is 882. The lowest BCUT2D eigenvalue weighted by Crippen LogP contribution is -2.48. The van der Waals surface area contributed by atoms with Gasteiger partial charge in [0.1, 0.15) is 5.01 Å². The highest BCUT2D eigenvalue weighted by Gasteiger charge is 2.25. The van der Waals surface area contributed by atoms with E-state index in [-0.39, 0.29) is 11.7 Å². The van der Waals surface area contributed by atoms with Crippen LogP contribution in [0, 0.1) is 13.8 Å². The molecule has 0 atom stereocenters. The molecule has 1 aliphatic carbocycles. The molecule has 1 amide bonds. The number of amides is 1. The molecule has 5 nitrogen and oxygen atoms in total. The largest absolute Gasteiger partial charge is 0.336 e. The van der Waals surface area contributed by atoms with Crippen LogP contribution in [0.15, 0.2) is 18.2 Å². The molecule has 0 bridgehead atoms. The third kappa shape index (κ3) is 3.82. The molecule has 4 rings (SSSR count). The predicted molar refractivity (Wildman–Crippen MR) is 106 cm³/mol. The Kier molecular flexibility index (Phi) is 5.10. The van der Waals surface area contributed by atoms with Crippen molar-refractivity contribution < 1.29 is 9.59 Å². The predicted octanol–water partition coefficient (Wildman–Crippen LogP) is 3.24. The van der Waals surface area contributed by atoms with Gasteiger partial charge < -0.3 is 4.90 Å². The minimum Gasteiger partial charge on any atom is -0.336 e. The number of fused-ring (bicyclic) bond motifs is 1. The fourth-order valence-corrected chi connectivity index (χ4v) is 4.86. The summed E-state index contributed by atoms with van der Waals surface area (Å²) in [5.74, 6) is 0.372. The van der Waals surface area contributed by atoms with Crippen LogP contribution in [0.25, 0.3) is 0 Å². The minimum absolute atomic E-state index is 0.119. The van der Waals surface area contributed by atoms with E-state index in [0.29, 0.717) is 6.42 Å². The minimum atomic E-state index is 0.119. The highest BCUT2D eigenvalue weighted by atomic mass is 32.1. The first kappa shape index (κ1) is 18.3. The van der Waals surface area contributed by atoms with Crippen molar-refractivity contribution in [1.82, 2.24) is 14.8 Å². The van der Waals surface area contributed by atoms with E-state index in [4.69, 9.17) is 4.98 Å². The van der Waals surface area contributed by atoms with Crippen molar-refractivity contribution in [2.75, 3.05) is 26.2 Å². The van der Waals surface area contributed by atoms with Crippen LogP contribution in [0.5, 0.6) is 0 Å². The summed E-state index contributed by atoms with van der Waals surface area (Å²) in [6.45, 7) is 8.03. The molecule has 1 aliphatic heterocycles. The summed E-state index contributed by atoms with van der Waals surface area (Å²) in [5, 5.41) is 1.03. The van der Waals surface area contributed by atoms with Crippen LogP contribution in [0.2, 0.25) is 0 Å². The molecule has 0 spiro atoms. The molecule has 0 unspecified atom stereocenters. The first-order valence-corrected chi connectivity index (χ1v) is 10.4. The molecule has 2 aromatic rings. The van der Waals surface area contributed by atoms with Gasteiger partial charge in [-0.2, -0.15) is 0 Å². The SMILES string of the molecule is Cc1ccc(C(=O)N2CCN(Cc3nc4c(s3)C(=O)CCC4)CC2)cc1C.